The van der Waals surface area contributed by atoms with E-state index in [-0.39, 0.29) is 6.61 Å². The van der Waals surface area contributed by atoms with E-state index >= 15 is 0 Å². The molecule has 1 aliphatic heterocycles. The maximum Gasteiger partial charge on any atom is 0.136 e. The first-order chi connectivity index (χ1) is 9.88. The van der Waals surface area contributed by atoms with E-state index in [0.29, 0.717) is 12.6 Å². The number of anilines is 1. The summed E-state index contributed by atoms with van der Waals surface area (Å²) >= 11 is 0. The van der Waals surface area contributed by atoms with Gasteiger partial charge in [-0.25, -0.2) is 4.98 Å². The Morgan fingerprint density at radius 2 is 2.20 bits per heavy atom. The van der Waals surface area contributed by atoms with Crippen LogP contribution < -0.4 is 10.2 Å². The van der Waals surface area contributed by atoms with Crippen molar-refractivity contribution in [2.24, 2.45) is 0 Å². The summed E-state index contributed by atoms with van der Waals surface area (Å²) in [6.45, 7) is 2.78. The van der Waals surface area contributed by atoms with Crippen LogP contribution in [0.25, 0.3) is 10.8 Å². The first-order valence-corrected chi connectivity index (χ1v) is 7.31. The molecule has 0 saturated carbocycles. The molecule has 0 bridgehead atoms. The van der Waals surface area contributed by atoms with E-state index in [2.05, 4.69) is 27.3 Å². The summed E-state index contributed by atoms with van der Waals surface area (Å²) in [5, 5.41) is 15.2. The van der Waals surface area contributed by atoms with Gasteiger partial charge in [-0.15, -0.1) is 0 Å². The summed E-state index contributed by atoms with van der Waals surface area (Å²) in [5.41, 5.74) is 0. The first-order valence-electron chi connectivity index (χ1n) is 7.31. The minimum atomic E-state index is 0.150. The van der Waals surface area contributed by atoms with E-state index in [1.807, 2.05) is 24.4 Å². The molecule has 4 heteroatoms. The zero-order valence-corrected chi connectivity index (χ0v) is 11.6. The molecular formula is C16H21N3O. The molecule has 2 N–H and O–H groups in total. The van der Waals surface area contributed by atoms with E-state index < -0.39 is 0 Å². The van der Waals surface area contributed by atoms with Crippen molar-refractivity contribution in [3.05, 3.63) is 36.5 Å². The number of rotatable bonds is 5. The molecule has 1 saturated heterocycles. The Morgan fingerprint density at radius 3 is 3.00 bits per heavy atom. The molecule has 1 aromatic carbocycles. The molecular weight excluding hydrogens is 250 g/mol. The van der Waals surface area contributed by atoms with Crippen molar-refractivity contribution < 1.29 is 5.11 Å². The molecule has 2 aromatic rings. The lowest BCUT2D eigenvalue weighted by Crippen LogP contribution is -2.39. The van der Waals surface area contributed by atoms with Crippen molar-refractivity contribution in [3.63, 3.8) is 0 Å². The molecule has 3 rings (SSSR count). The van der Waals surface area contributed by atoms with Crippen LogP contribution in [0.4, 0.5) is 5.82 Å². The summed E-state index contributed by atoms with van der Waals surface area (Å²) in [7, 11) is 0. The zero-order valence-electron chi connectivity index (χ0n) is 11.6. The summed E-state index contributed by atoms with van der Waals surface area (Å²) in [5.74, 6) is 0.978. The van der Waals surface area contributed by atoms with E-state index in [4.69, 9.17) is 0 Å². The number of benzene rings is 1. The standard InChI is InChI=1S/C16H21N3O/c20-11-10-19(12-14-5-3-8-17-14)16-15-6-2-1-4-13(15)7-9-18-16/h1-2,4,6-7,9,14,17,20H,3,5,8,10-12H2. The molecule has 0 spiro atoms. The third-order valence-electron chi connectivity index (χ3n) is 3.93. The Kier molecular flexibility index (Phi) is 4.14. The van der Waals surface area contributed by atoms with Crippen molar-refractivity contribution in [1.82, 2.24) is 10.3 Å². The fourth-order valence-electron chi connectivity index (χ4n) is 2.94. The van der Waals surface area contributed by atoms with E-state index in [1.165, 1.54) is 18.2 Å². The average Bonchev–Trinajstić information content (AvgIpc) is 2.99. The molecule has 1 unspecified atom stereocenters. The van der Waals surface area contributed by atoms with Gasteiger partial charge in [-0.2, -0.15) is 0 Å². The number of fused-ring (bicyclic) bond motifs is 1. The predicted molar refractivity (Wildman–Crippen MR) is 82.1 cm³/mol. The van der Waals surface area contributed by atoms with Gasteiger partial charge < -0.3 is 15.3 Å². The molecule has 106 valence electrons. The Labute approximate surface area is 119 Å². The van der Waals surface area contributed by atoms with Crippen LogP contribution in [0.1, 0.15) is 12.8 Å². The second kappa shape index (κ2) is 6.20. The highest BCUT2D eigenvalue weighted by atomic mass is 16.3. The lowest BCUT2D eigenvalue weighted by Gasteiger charge is -2.27. The number of nitrogens with one attached hydrogen (secondary N) is 1. The van der Waals surface area contributed by atoms with Gasteiger partial charge >= 0.3 is 0 Å². The average molecular weight is 271 g/mol. The van der Waals surface area contributed by atoms with Crippen LogP contribution in [-0.2, 0) is 0 Å². The number of aromatic nitrogens is 1. The maximum absolute atomic E-state index is 9.35. The normalized spacial score (nSPS) is 18.6. The van der Waals surface area contributed by atoms with Gasteiger partial charge in [0.1, 0.15) is 5.82 Å². The third-order valence-corrected chi connectivity index (χ3v) is 3.93. The van der Waals surface area contributed by atoms with Crippen LogP contribution >= 0.6 is 0 Å². The van der Waals surface area contributed by atoms with Crippen molar-refractivity contribution in [2.45, 2.75) is 18.9 Å². The zero-order chi connectivity index (χ0) is 13.8. The van der Waals surface area contributed by atoms with Gasteiger partial charge in [-0.1, -0.05) is 24.3 Å². The molecule has 1 fully saturated rings. The van der Waals surface area contributed by atoms with Gasteiger partial charge in [0, 0.05) is 30.7 Å². The summed E-state index contributed by atoms with van der Waals surface area (Å²) < 4.78 is 0. The van der Waals surface area contributed by atoms with Crippen LogP contribution in [0.3, 0.4) is 0 Å². The maximum atomic E-state index is 9.35. The first kappa shape index (κ1) is 13.3. The topological polar surface area (TPSA) is 48.4 Å². The number of aliphatic hydroxyl groups excluding tert-OH is 1. The van der Waals surface area contributed by atoms with Crippen molar-refractivity contribution in [3.8, 4) is 0 Å². The molecule has 0 amide bonds. The molecule has 1 atom stereocenters. The van der Waals surface area contributed by atoms with Crippen LogP contribution in [0, 0.1) is 0 Å². The minimum Gasteiger partial charge on any atom is -0.395 e. The molecule has 1 aliphatic rings. The molecule has 2 heterocycles. The smallest absolute Gasteiger partial charge is 0.136 e. The number of aliphatic hydroxyl groups is 1. The lowest BCUT2D eigenvalue weighted by molar-refractivity contribution is 0.300. The van der Waals surface area contributed by atoms with Crippen molar-refractivity contribution in [1.29, 1.82) is 0 Å². The summed E-state index contributed by atoms with van der Waals surface area (Å²) in [6.07, 6.45) is 4.29. The van der Waals surface area contributed by atoms with E-state index in [0.717, 1.165) is 24.3 Å². The highest BCUT2D eigenvalue weighted by Gasteiger charge is 2.19. The fraction of sp³-hybridized carbons (Fsp3) is 0.438. The quantitative estimate of drug-likeness (QED) is 0.870. The van der Waals surface area contributed by atoms with Gasteiger partial charge in [-0.3, -0.25) is 0 Å². The molecule has 0 aliphatic carbocycles. The third kappa shape index (κ3) is 2.76. The SMILES string of the molecule is OCCN(CC1CCCN1)c1nccc2ccccc12. The molecule has 0 radical (unpaired) electrons. The second-order valence-electron chi connectivity index (χ2n) is 5.32. The predicted octanol–water partition coefficient (Wildman–Crippen LogP) is 1.79. The minimum absolute atomic E-state index is 0.150. The Balaban J connectivity index is 1.91. The Morgan fingerprint density at radius 1 is 1.30 bits per heavy atom. The van der Waals surface area contributed by atoms with Gasteiger partial charge in [0.25, 0.3) is 0 Å². The monoisotopic (exact) mass is 271 g/mol. The van der Waals surface area contributed by atoms with Crippen LogP contribution in [0.15, 0.2) is 36.5 Å². The van der Waals surface area contributed by atoms with E-state index in [9.17, 15) is 5.11 Å². The lowest BCUT2D eigenvalue weighted by atomic mass is 10.1. The van der Waals surface area contributed by atoms with Crippen molar-refractivity contribution >= 4 is 16.6 Å². The number of hydrogen-bond donors (Lipinski definition) is 2. The van der Waals surface area contributed by atoms with Crippen LogP contribution in [-0.4, -0.2) is 42.4 Å². The van der Waals surface area contributed by atoms with Crippen LogP contribution in [0.2, 0.25) is 0 Å². The van der Waals surface area contributed by atoms with Gasteiger partial charge in [0.05, 0.1) is 6.61 Å². The van der Waals surface area contributed by atoms with Gasteiger partial charge in [-0.05, 0) is 30.8 Å². The van der Waals surface area contributed by atoms with E-state index in [1.54, 1.807) is 0 Å². The Hall–Kier alpha value is -1.65. The summed E-state index contributed by atoms with van der Waals surface area (Å²) in [6, 6.07) is 10.8. The fourth-order valence-corrected chi connectivity index (χ4v) is 2.94. The van der Waals surface area contributed by atoms with Gasteiger partial charge in [0.2, 0.25) is 0 Å². The number of hydrogen-bond acceptors (Lipinski definition) is 4. The molecule has 4 nitrogen and oxygen atoms in total. The number of nitrogens with zero attached hydrogens (tertiary/aromatic N) is 2. The Bertz CT molecular complexity index is 561. The largest absolute Gasteiger partial charge is 0.395 e. The van der Waals surface area contributed by atoms with Gasteiger partial charge in [0.15, 0.2) is 0 Å². The second-order valence-corrected chi connectivity index (χ2v) is 5.32. The molecule has 20 heavy (non-hydrogen) atoms. The molecule has 1 aromatic heterocycles. The van der Waals surface area contributed by atoms with Crippen LogP contribution in [0.5, 0.6) is 0 Å². The highest BCUT2D eigenvalue weighted by molar-refractivity contribution is 5.92. The number of pyridine rings is 1. The highest BCUT2D eigenvalue weighted by Crippen LogP contribution is 2.24. The summed E-state index contributed by atoms with van der Waals surface area (Å²) in [4.78, 5) is 6.75. The van der Waals surface area contributed by atoms with Crippen molar-refractivity contribution in [2.75, 3.05) is 31.1 Å².